The van der Waals surface area contributed by atoms with Crippen molar-refractivity contribution in [1.29, 1.82) is 0 Å². The first-order chi connectivity index (χ1) is 10.2. The first-order valence-electron chi connectivity index (χ1n) is 7.95. The van der Waals surface area contributed by atoms with Gasteiger partial charge in [-0.25, -0.2) is 9.97 Å². The van der Waals surface area contributed by atoms with Crippen molar-refractivity contribution in [2.75, 3.05) is 18.0 Å². The molecule has 0 aromatic carbocycles. The summed E-state index contributed by atoms with van der Waals surface area (Å²) in [7, 11) is 0. The number of fused-ring (bicyclic) bond motifs is 1. The van der Waals surface area contributed by atoms with Crippen LogP contribution in [0.2, 0.25) is 0 Å². The van der Waals surface area contributed by atoms with Gasteiger partial charge in [0.25, 0.3) is 0 Å². The van der Waals surface area contributed by atoms with Crippen molar-refractivity contribution in [3.63, 3.8) is 0 Å². The van der Waals surface area contributed by atoms with E-state index in [-0.39, 0.29) is 0 Å². The Kier molecular flexibility index (Phi) is 3.34. The van der Waals surface area contributed by atoms with E-state index in [1.807, 2.05) is 0 Å². The molecule has 1 saturated heterocycles. The van der Waals surface area contributed by atoms with Gasteiger partial charge in [-0.05, 0) is 45.1 Å². The Labute approximate surface area is 129 Å². The maximum atomic E-state index is 4.65. The summed E-state index contributed by atoms with van der Waals surface area (Å²) in [6.45, 7) is 6.60. The molecule has 4 rings (SSSR count). The molecule has 21 heavy (non-hydrogen) atoms. The predicted molar refractivity (Wildman–Crippen MR) is 88.3 cm³/mol. The molecule has 112 valence electrons. The average molecular weight is 302 g/mol. The Morgan fingerprint density at radius 3 is 2.95 bits per heavy atom. The quantitative estimate of drug-likeness (QED) is 0.942. The van der Waals surface area contributed by atoms with Gasteiger partial charge in [0.15, 0.2) is 0 Å². The van der Waals surface area contributed by atoms with E-state index in [1.165, 1.54) is 41.5 Å². The van der Waals surface area contributed by atoms with Crippen LogP contribution in [0, 0.1) is 13.8 Å². The fourth-order valence-electron chi connectivity index (χ4n) is 3.30. The molecule has 1 aliphatic carbocycles. The van der Waals surface area contributed by atoms with Crippen molar-refractivity contribution in [2.45, 2.75) is 51.6 Å². The third-order valence-electron chi connectivity index (χ3n) is 4.81. The molecular formula is C16H22N4S. The molecule has 3 heterocycles. The summed E-state index contributed by atoms with van der Waals surface area (Å²) in [5.41, 5.74) is 1.35. The second-order valence-electron chi connectivity index (χ2n) is 6.33. The van der Waals surface area contributed by atoms with E-state index in [1.54, 1.807) is 17.7 Å². The van der Waals surface area contributed by atoms with Crippen molar-refractivity contribution in [3.05, 3.63) is 16.8 Å². The summed E-state index contributed by atoms with van der Waals surface area (Å²) in [4.78, 5) is 14.1. The third kappa shape index (κ3) is 2.42. The lowest BCUT2D eigenvalue weighted by molar-refractivity contribution is 0.569. The number of aromatic nitrogens is 2. The maximum Gasteiger partial charge on any atom is 0.141 e. The zero-order valence-corrected chi connectivity index (χ0v) is 13.5. The SMILES string of the molecule is Cc1sc2ncnc(N3CCCC3CNC3CC3)c2c1C. The Hall–Kier alpha value is -1.20. The van der Waals surface area contributed by atoms with Crippen molar-refractivity contribution < 1.29 is 0 Å². The number of aryl methyl sites for hydroxylation is 2. The fraction of sp³-hybridized carbons (Fsp3) is 0.625. The molecule has 1 aliphatic heterocycles. The summed E-state index contributed by atoms with van der Waals surface area (Å²) in [6.07, 6.45) is 6.98. The van der Waals surface area contributed by atoms with Gasteiger partial charge in [-0.15, -0.1) is 11.3 Å². The number of hydrogen-bond acceptors (Lipinski definition) is 5. The van der Waals surface area contributed by atoms with Crippen molar-refractivity contribution >= 4 is 27.4 Å². The van der Waals surface area contributed by atoms with Crippen molar-refractivity contribution in [3.8, 4) is 0 Å². The number of rotatable bonds is 4. The molecular weight excluding hydrogens is 280 g/mol. The van der Waals surface area contributed by atoms with Crippen LogP contribution in [0.1, 0.15) is 36.1 Å². The number of nitrogens with zero attached hydrogens (tertiary/aromatic N) is 3. The molecule has 0 spiro atoms. The minimum absolute atomic E-state index is 0.586. The van der Waals surface area contributed by atoms with Gasteiger partial charge in [-0.3, -0.25) is 0 Å². The molecule has 5 heteroatoms. The van der Waals surface area contributed by atoms with Gasteiger partial charge in [0.2, 0.25) is 0 Å². The summed E-state index contributed by atoms with van der Waals surface area (Å²) in [6, 6.07) is 1.37. The predicted octanol–water partition coefficient (Wildman–Crippen LogP) is 3.03. The topological polar surface area (TPSA) is 41.1 Å². The lowest BCUT2D eigenvalue weighted by Crippen LogP contribution is -2.39. The van der Waals surface area contributed by atoms with Crippen LogP contribution < -0.4 is 10.2 Å². The van der Waals surface area contributed by atoms with Gasteiger partial charge in [-0.2, -0.15) is 0 Å². The number of nitrogens with one attached hydrogen (secondary N) is 1. The van der Waals surface area contributed by atoms with Crippen LogP contribution in [0.25, 0.3) is 10.2 Å². The van der Waals surface area contributed by atoms with Gasteiger partial charge in [-0.1, -0.05) is 0 Å². The van der Waals surface area contributed by atoms with Crippen LogP contribution in [-0.2, 0) is 0 Å². The Morgan fingerprint density at radius 1 is 1.29 bits per heavy atom. The Bertz CT molecular complexity index is 662. The highest BCUT2D eigenvalue weighted by atomic mass is 32.1. The smallest absolute Gasteiger partial charge is 0.141 e. The monoisotopic (exact) mass is 302 g/mol. The van der Waals surface area contributed by atoms with E-state index >= 15 is 0 Å². The Morgan fingerprint density at radius 2 is 2.14 bits per heavy atom. The highest BCUT2D eigenvalue weighted by Crippen LogP contribution is 2.36. The summed E-state index contributed by atoms with van der Waals surface area (Å²) in [5.74, 6) is 1.15. The first kappa shape index (κ1) is 13.5. The van der Waals surface area contributed by atoms with Crippen LogP contribution in [0.4, 0.5) is 5.82 Å². The molecule has 0 radical (unpaired) electrons. The summed E-state index contributed by atoms with van der Waals surface area (Å²) < 4.78 is 0. The second kappa shape index (κ2) is 5.21. The van der Waals surface area contributed by atoms with Gasteiger partial charge in [0, 0.05) is 30.1 Å². The van der Waals surface area contributed by atoms with E-state index in [2.05, 4.69) is 34.0 Å². The van der Waals surface area contributed by atoms with E-state index in [4.69, 9.17) is 0 Å². The van der Waals surface area contributed by atoms with Gasteiger partial charge >= 0.3 is 0 Å². The van der Waals surface area contributed by atoms with Crippen LogP contribution in [0.3, 0.4) is 0 Å². The highest BCUT2D eigenvalue weighted by molar-refractivity contribution is 7.18. The van der Waals surface area contributed by atoms with Crippen LogP contribution in [0.5, 0.6) is 0 Å². The van der Waals surface area contributed by atoms with E-state index in [0.717, 1.165) is 29.8 Å². The third-order valence-corrected chi connectivity index (χ3v) is 5.93. The van der Waals surface area contributed by atoms with E-state index in [9.17, 15) is 0 Å². The molecule has 2 fully saturated rings. The Balaban J connectivity index is 1.67. The molecule has 1 atom stereocenters. The minimum Gasteiger partial charge on any atom is -0.352 e. The van der Waals surface area contributed by atoms with Crippen LogP contribution in [0.15, 0.2) is 6.33 Å². The van der Waals surface area contributed by atoms with Crippen molar-refractivity contribution in [2.24, 2.45) is 0 Å². The molecule has 2 aromatic heterocycles. The molecule has 1 unspecified atom stereocenters. The molecule has 1 N–H and O–H groups in total. The zero-order valence-electron chi connectivity index (χ0n) is 12.7. The molecule has 0 amide bonds. The molecule has 1 saturated carbocycles. The largest absolute Gasteiger partial charge is 0.352 e. The molecule has 0 bridgehead atoms. The number of anilines is 1. The number of thiophene rings is 1. The number of hydrogen-bond donors (Lipinski definition) is 1. The maximum absolute atomic E-state index is 4.65. The fourth-order valence-corrected chi connectivity index (χ4v) is 4.29. The standard InChI is InChI=1S/C16H22N4S/c1-10-11(2)21-16-14(10)15(18-9-19-16)20-7-3-4-13(20)8-17-12-5-6-12/h9,12-13,17H,3-8H2,1-2H3. The van der Waals surface area contributed by atoms with Crippen LogP contribution >= 0.6 is 11.3 Å². The molecule has 2 aliphatic rings. The normalized spacial score (nSPS) is 22.4. The summed E-state index contributed by atoms with van der Waals surface area (Å²) >= 11 is 1.79. The van der Waals surface area contributed by atoms with E-state index < -0.39 is 0 Å². The lowest BCUT2D eigenvalue weighted by atomic mass is 10.2. The van der Waals surface area contributed by atoms with E-state index in [0.29, 0.717) is 6.04 Å². The lowest BCUT2D eigenvalue weighted by Gasteiger charge is -2.26. The minimum atomic E-state index is 0.586. The van der Waals surface area contributed by atoms with Crippen molar-refractivity contribution in [1.82, 2.24) is 15.3 Å². The highest BCUT2D eigenvalue weighted by Gasteiger charge is 2.30. The second-order valence-corrected chi connectivity index (χ2v) is 7.54. The zero-order chi connectivity index (χ0) is 14.4. The first-order valence-corrected chi connectivity index (χ1v) is 8.76. The average Bonchev–Trinajstić information content (AvgIpc) is 3.12. The molecule has 2 aromatic rings. The van der Waals surface area contributed by atoms with Crippen LogP contribution in [-0.4, -0.2) is 35.1 Å². The van der Waals surface area contributed by atoms with Gasteiger partial charge < -0.3 is 10.2 Å². The van der Waals surface area contributed by atoms with Gasteiger partial charge in [0.1, 0.15) is 17.0 Å². The summed E-state index contributed by atoms with van der Waals surface area (Å²) in [5, 5.41) is 4.96. The van der Waals surface area contributed by atoms with Gasteiger partial charge in [0.05, 0.1) is 5.39 Å². The molecule has 4 nitrogen and oxygen atoms in total.